The molecule has 0 heterocycles. The summed E-state index contributed by atoms with van der Waals surface area (Å²) in [5.74, 6) is 0. The van der Waals surface area contributed by atoms with E-state index in [2.05, 4.69) is 49.7 Å². The normalized spacial score (nSPS) is 12.5. The van der Waals surface area contributed by atoms with E-state index in [1.165, 1.54) is 10.6 Å². The quantitative estimate of drug-likeness (QED) is 0.736. The zero-order valence-corrected chi connectivity index (χ0v) is 9.32. The summed E-state index contributed by atoms with van der Waals surface area (Å²) in [6.45, 7) is 4.39. The van der Waals surface area contributed by atoms with Gasteiger partial charge in [0.25, 0.3) is 0 Å². The van der Waals surface area contributed by atoms with Crippen LogP contribution in [0.25, 0.3) is 0 Å². The number of hydrogen-bond donors (Lipinski definition) is 1. The van der Waals surface area contributed by atoms with E-state index < -0.39 is 0 Å². The van der Waals surface area contributed by atoms with E-state index in [0.717, 1.165) is 6.42 Å². The van der Waals surface area contributed by atoms with E-state index in [1.807, 2.05) is 0 Å². The Morgan fingerprint density at radius 1 is 1.46 bits per heavy atom. The van der Waals surface area contributed by atoms with Crippen LogP contribution < -0.4 is 5.32 Å². The fraction of sp³-hybridized carbons (Fsp3) is 0.455. The minimum Gasteiger partial charge on any atom is -0.383 e. The molecule has 0 aromatic heterocycles. The van der Waals surface area contributed by atoms with Gasteiger partial charge in [0.1, 0.15) is 0 Å². The lowest BCUT2D eigenvalue weighted by Crippen LogP contribution is -2.13. The maximum atomic E-state index is 3.45. The van der Waals surface area contributed by atoms with E-state index in [-0.39, 0.29) is 0 Å². The highest BCUT2D eigenvalue weighted by molar-refractivity contribution is 7.98. The fourth-order valence-corrected chi connectivity index (χ4v) is 1.56. The highest BCUT2D eigenvalue weighted by Crippen LogP contribution is 2.19. The summed E-state index contributed by atoms with van der Waals surface area (Å²) in [6.07, 6.45) is 3.26. The minimum atomic E-state index is 0.553. The number of nitrogens with one attached hydrogen (secondary N) is 1. The van der Waals surface area contributed by atoms with Crippen LogP contribution in [0.5, 0.6) is 0 Å². The second kappa shape index (κ2) is 5.18. The van der Waals surface area contributed by atoms with Gasteiger partial charge in [0.05, 0.1) is 0 Å². The molecule has 0 aliphatic rings. The first kappa shape index (κ1) is 10.5. The summed E-state index contributed by atoms with van der Waals surface area (Å²) in [5.41, 5.74) is 1.22. The zero-order chi connectivity index (χ0) is 9.68. The Bertz CT molecular complexity index is 260. The van der Waals surface area contributed by atoms with Gasteiger partial charge in [-0.3, -0.25) is 0 Å². The molecule has 1 rings (SSSR count). The molecular formula is C11H17NS. The summed E-state index contributed by atoms with van der Waals surface area (Å²) in [4.78, 5) is 1.31. The average molecular weight is 195 g/mol. The Morgan fingerprint density at radius 2 is 2.23 bits per heavy atom. The number of thioether (sulfide) groups is 1. The highest BCUT2D eigenvalue weighted by atomic mass is 32.2. The van der Waals surface area contributed by atoms with Crippen molar-refractivity contribution in [3.8, 4) is 0 Å². The van der Waals surface area contributed by atoms with Crippen LogP contribution in [0.3, 0.4) is 0 Å². The van der Waals surface area contributed by atoms with Gasteiger partial charge in [0.15, 0.2) is 0 Å². The lowest BCUT2D eigenvalue weighted by Gasteiger charge is -2.13. The van der Waals surface area contributed by atoms with Crippen LogP contribution in [0, 0.1) is 0 Å². The summed E-state index contributed by atoms with van der Waals surface area (Å²) in [7, 11) is 0. The molecule has 0 aliphatic carbocycles. The fourth-order valence-electron chi connectivity index (χ4n) is 1.10. The molecule has 0 aliphatic heterocycles. The van der Waals surface area contributed by atoms with Crippen molar-refractivity contribution in [2.24, 2.45) is 0 Å². The van der Waals surface area contributed by atoms with Crippen LogP contribution in [0.2, 0.25) is 0 Å². The molecule has 13 heavy (non-hydrogen) atoms. The summed E-state index contributed by atoms with van der Waals surface area (Å²) in [5, 5.41) is 3.45. The lowest BCUT2D eigenvalue weighted by molar-refractivity contribution is 0.764. The van der Waals surface area contributed by atoms with E-state index in [9.17, 15) is 0 Å². The van der Waals surface area contributed by atoms with Gasteiger partial charge in [-0.25, -0.2) is 0 Å². The Morgan fingerprint density at radius 3 is 2.85 bits per heavy atom. The molecule has 1 atom stereocenters. The third-order valence-electron chi connectivity index (χ3n) is 2.10. The van der Waals surface area contributed by atoms with Crippen molar-refractivity contribution >= 4 is 17.4 Å². The standard InChI is InChI=1S/C11H17NS/c1-4-9(2)12-10-6-5-7-11(8-10)13-3/h5-9,12H,4H2,1-3H3. The lowest BCUT2D eigenvalue weighted by atomic mass is 10.2. The molecule has 72 valence electrons. The van der Waals surface area contributed by atoms with Crippen LogP contribution >= 0.6 is 11.8 Å². The highest BCUT2D eigenvalue weighted by Gasteiger charge is 1.98. The predicted molar refractivity (Wildman–Crippen MR) is 61.6 cm³/mol. The summed E-state index contributed by atoms with van der Waals surface area (Å²) >= 11 is 1.78. The maximum Gasteiger partial charge on any atom is 0.0353 e. The maximum absolute atomic E-state index is 3.45. The molecule has 1 N–H and O–H groups in total. The Kier molecular flexibility index (Phi) is 4.16. The number of benzene rings is 1. The molecular weight excluding hydrogens is 178 g/mol. The second-order valence-corrected chi connectivity index (χ2v) is 4.07. The molecule has 1 unspecified atom stereocenters. The smallest absolute Gasteiger partial charge is 0.0353 e. The van der Waals surface area contributed by atoms with Crippen molar-refractivity contribution in [1.29, 1.82) is 0 Å². The SMILES string of the molecule is CCC(C)Nc1cccc(SC)c1. The second-order valence-electron chi connectivity index (χ2n) is 3.19. The van der Waals surface area contributed by atoms with Gasteiger partial charge in [-0.2, -0.15) is 0 Å². The van der Waals surface area contributed by atoms with Gasteiger partial charge in [0, 0.05) is 16.6 Å². The van der Waals surface area contributed by atoms with Gasteiger partial charge < -0.3 is 5.32 Å². The Labute approximate surface area is 84.9 Å². The van der Waals surface area contributed by atoms with Crippen LogP contribution in [-0.2, 0) is 0 Å². The molecule has 0 saturated carbocycles. The van der Waals surface area contributed by atoms with Crippen LogP contribution in [-0.4, -0.2) is 12.3 Å². The molecule has 1 nitrogen and oxygen atoms in total. The number of hydrogen-bond acceptors (Lipinski definition) is 2. The van der Waals surface area contributed by atoms with Gasteiger partial charge in [0.2, 0.25) is 0 Å². The van der Waals surface area contributed by atoms with Crippen LogP contribution in [0.1, 0.15) is 20.3 Å². The molecule has 1 aromatic rings. The monoisotopic (exact) mass is 195 g/mol. The van der Waals surface area contributed by atoms with Crippen molar-refractivity contribution in [2.75, 3.05) is 11.6 Å². The van der Waals surface area contributed by atoms with Crippen LogP contribution in [0.4, 0.5) is 5.69 Å². The van der Waals surface area contributed by atoms with Gasteiger partial charge in [-0.15, -0.1) is 11.8 Å². The predicted octanol–water partition coefficient (Wildman–Crippen LogP) is 3.62. The van der Waals surface area contributed by atoms with E-state index in [1.54, 1.807) is 11.8 Å². The molecule has 2 heteroatoms. The van der Waals surface area contributed by atoms with Crippen molar-refractivity contribution < 1.29 is 0 Å². The van der Waals surface area contributed by atoms with Gasteiger partial charge in [-0.1, -0.05) is 13.0 Å². The zero-order valence-electron chi connectivity index (χ0n) is 8.50. The molecule has 1 aromatic carbocycles. The van der Waals surface area contributed by atoms with E-state index in [4.69, 9.17) is 0 Å². The first-order valence-corrected chi connectivity index (χ1v) is 5.89. The Balaban J connectivity index is 2.66. The first-order valence-electron chi connectivity index (χ1n) is 4.67. The third kappa shape index (κ3) is 3.31. The van der Waals surface area contributed by atoms with Crippen molar-refractivity contribution in [3.63, 3.8) is 0 Å². The number of rotatable bonds is 4. The van der Waals surface area contributed by atoms with E-state index >= 15 is 0 Å². The van der Waals surface area contributed by atoms with Crippen molar-refractivity contribution in [2.45, 2.75) is 31.2 Å². The minimum absolute atomic E-state index is 0.553. The molecule has 0 bridgehead atoms. The topological polar surface area (TPSA) is 12.0 Å². The van der Waals surface area contributed by atoms with Crippen molar-refractivity contribution in [3.05, 3.63) is 24.3 Å². The Hall–Kier alpha value is -0.630. The molecule has 0 saturated heterocycles. The molecule has 0 spiro atoms. The molecule has 0 amide bonds. The summed E-state index contributed by atoms with van der Waals surface area (Å²) in [6, 6.07) is 9.09. The molecule has 0 fully saturated rings. The van der Waals surface area contributed by atoms with Crippen molar-refractivity contribution in [1.82, 2.24) is 0 Å². The summed E-state index contributed by atoms with van der Waals surface area (Å²) < 4.78 is 0. The number of anilines is 1. The van der Waals surface area contributed by atoms with E-state index in [0.29, 0.717) is 6.04 Å². The first-order chi connectivity index (χ1) is 6.26. The van der Waals surface area contributed by atoms with Gasteiger partial charge >= 0.3 is 0 Å². The largest absolute Gasteiger partial charge is 0.383 e. The van der Waals surface area contributed by atoms with Gasteiger partial charge in [-0.05, 0) is 37.8 Å². The molecule has 0 radical (unpaired) electrons. The van der Waals surface area contributed by atoms with Crippen LogP contribution in [0.15, 0.2) is 29.2 Å². The average Bonchev–Trinajstić information content (AvgIpc) is 2.18. The third-order valence-corrected chi connectivity index (χ3v) is 2.82.